The Morgan fingerprint density at radius 2 is 1.69 bits per heavy atom. The number of ether oxygens (including phenoxy) is 1. The Hall–Kier alpha value is -3.39. The highest BCUT2D eigenvalue weighted by Gasteiger charge is 2.37. The molecule has 1 heterocycles. The van der Waals surface area contributed by atoms with Crippen molar-refractivity contribution in [2.24, 2.45) is 5.92 Å². The molecular formula is C24H29N3O5. The molecule has 0 aliphatic carbocycles. The third-order valence-corrected chi connectivity index (χ3v) is 5.16. The Morgan fingerprint density at radius 3 is 2.38 bits per heavy atom. The molecule has 2 aromatic rings. The van der Waals surface area contributed by atoms with Crippen LogP contribution in [0.4, 0.5) is 5.69 Å². The van der Waals surface area contributed by atoms with Crippen LogP contribution in [0.5, 0.6) is 5.75 Å². The van der Waals surface area contributed by atoms with E-state index in [2.05, 4.69) is 16.0 Å². The number of aliphatic hydroxyl groups excluding tert-OH is 1. The van der Waals surface area contributed by atoms with Crippen molar-refractivity contribution in [2.45, 2.75) is 51.5 Å². The average Bonchev–Trinajstić information content (AvgIpc) is 2.90. The molecule has 3 amide bonds. The molecule has 32 heavy (non-hydrogen) atoms. The molecule has 2 aromatic carbocycles. The highest BCUT2D eigenvalue weighted by molar-refractivity contribution is 6.00. The second kappa shape index (κ2) is 10.3. The molecule has 0 fully saturated rings. The maximum Gasteiger partial charge on any atom is 0.251 e. The standard InChI is InChI=1S/C24H29N3O5/c1-14(2)13-18(28)23(30)25-15(3)22(29)27-20-21(16-9-5-4-6-10-16)32-19-12-8-7-11-17(19)26-24(20)31/h4-12,14-15,18,20-21,28H,13H2,1-3H3,(H,25,30)(H,26,31)(H,27,29)/t15-,18-,20-,21+/m0/s1. The monoisotopic (exact) mass is 439 g/mol. The van der Waals surface area contributed by atoms with E-state index < -0.39 is 42.0 Å². The Balaban J connectivity index is 1.78. The van der Waals surface area contributed by atoms with Crippen molar-refractivity contribution in [3.63, 3.8) is 0 Å². The normalized spacial score (nSPS) is 19.6. The van der Waals surface area contributed by atoms with E-state index in [4.69, 9.17) is 4.74 Å². The molecule has 1 aliphatic rings. The van der Waals surface area contributed by atoms with Crippen molar-refractivity contribution in [1.29, 1.82) is 0 Å². The third kappa shape index (κ3) is 5.64. The fourth-order valence-corrected chi connectivity index (χ4v) is 3.48. The maximum absolute atomic E-state index is 13.0. The summed E-state index contributed by atoms with van der Waals surface area (Å²) in [5, 5.41) is 18.0. The number of hydrogen-bond donors (Lipinski definition) is 4. The van der Waals surface area contributed by atoms with Crippen LogP contribution in [0.2, 0.25) is 0 Å². The summed E-state index contributed by atoms with van der Waals surface area (Å²) in [6.07, 6.45) is -1.70. The number of carbonyl (C=O) groups excluding carboxylic acids is 3. The Morgan fingerprint density at radius 1 is 1.03 bits per heavy atom. The summed E-state index contributed by atoms with van der Waals surface area (Å²) in [4.78, 5) is 38.1. The van der Waals surface area contributed by atoms with Gasteiger partial charge in [-0.2, -0.15) is 0 Å². The molecule has 0 saturated carbocycles. The summed E-state index contributed by atoms with van der Waals surface area (Å²) in [5.74, 6) is -1.01. The number of para-hydroxylation sites is 2. The number of carbonyl (C=O) groups is 3. The number of fused-ring (bicyclic) bond motifs is 1. The van der Waals surface area contributed by atoms with E-state index in [-0.39, 0.29) is 12.3 Å². The molecule has 0 bridgehead atoms. The first kappa shape index (κ1) is 23.3. The van der Waals surface area contributed by atoms with E-state index in [0.717, 1.165) is 0 Å². The first-order valence-corrected chi connectivity index (χ1v) is 10.7. The third-order valence-electron chi connectivity index (χ3n) is 5.16. The van der Waals surface area contributed by atoms with Crippen molar-refractivity contribution in [2.75, 3.05) is 5.32 Å². The fourth-order valence-electron chi connectivity index (χ4n) is 3.48. The summed E-state index contributed by atoms with van der Waals surface area (Å²) in [7, 11) is 0. The Kier molecular flexibility index (Phi) is 7.48. The molecule has 0 aromatic heterocycles. The van der Waals surface area contributed by atoms with Crippen molar-refractivity contribution >= 4 is 23.4 Å². The first-order chi connectivity index (χ1) is 15.3. The summed E-state index contributed by atoms with van der Waals surface area (Å²) in [6.45, 7) is 5.27. The van der Waals surface area contributed by atoms with E-state index in [9.17, 15) is 19.5 Å². The number of hydrogen-bond acceptors (Lipinski definition) is 5. The van der Waals surface area contributed by atoms with E-state index in [1.807, 2.05) is 44.2 Å². The van der Waals surface area contributed by atoms with Gasteiger partial charge in [-0.25, -0.2) is 0 Å². The van der Waals surface area contributed by atoms with Crippen LogP contribution >= 0.6 is 0 Å². The summed E-state index contributed by atoms with van der Waals surface area (Å²) >= 11 is 0. The van der Waals surface area contributed by atoms with Crippen LogP contribution in [-0.2, 0) is 14.4 Å². The molecule has 1 aliphatic heterocycles. The van der Waals surface area contributed by atoms with Gasteiger partial charge in [0.1, 0.15) is 23.9 Å². The van der Waals surface area contributed by atoms with Crippen LogP contribution in [0.15, 0.2) is 54.6 Å². The summed E-state index contributed by atoms with van der Waals surface area (Å²) in [6, 6.07) is 14.2. The van der Waals surface area contributed by atoms with E-state index >= 15 is 0 Å². The zero-order valence-corrected chi connectivity index (χ0v) is 18.4. The largest absolute Gasteiger partial charge is 0.481 e. The van der Waals surface area contributed by atoms with E-state index in [1.165, 1.54) is 6.92 Å². The number of amides is 3. The zero-order chi connectivity index (χ0) is 23.3. The van der Waals surface area contributed by atoms with Crippen molar-refractivity contribution < 1.29 is 24.2 Å². The number of nitrogens with one attached hydrogen (secondary N) is 3. The lowest BCUT2D eigenvalue weighted by molar-refractivity contribution is -0.135. The van der Waals surface area contributed by atoms with Crippen molar-refractivity contribution in [1.82, 2.24) is 10.6 Å². The molecule has 4 N–H and O–H groups in total. The van der Waals surface area contributed by atoms with Gasteiger partial charge in [-0.15, -0.1) is 0 Å². The number of anilines is 1. The summed E-state index contributed by atoms with van der Waals surface area (Å²) < 4.78 is 6.14. The molecule has 8 heteroatoms. The maximum atomic E-state index is 13.0. The second-order valence-corrected chi connectivity index (χ2v) is 8.30. The molecule has 0 saturated heterocycles. The lowest BCUT2D eigenvalue weighted by Crippen LogP contribution is -2.54. The zero-order valence-electron chi connectivity index (χ0n) is 18.4. The van der Waals surface area contributed by atoms with Gasteiger partial charge in [-0.3, -0.25) is 14.4 Å². The molecular weight excluding hydrogens is 410 g/mol. The molecule has 8 nitrogen and oxygen atoms in total. The SMILES string of the molecule is CC(C)C[C@H](O)C(=O)N[C@@H](C)C(=O)N[C@@H]1C(=O)Nc2ccccc2O[C@@H]1c1ccccc1. The van der Waals surface area contributed by atoms with Crippen molar-refractivity contribution in [3.8, 4) is 5.75 Å². The minimum atomic E-state index is -1.21. The van der Waals surface area contributed by atoms with Crippen LogP contribution in [0.1, 0.15) is 38.9 Å². The van der Waals surface area contributed by atoms with Gasteiger partial charge in [0, 0.05) is 0 Å². The molecule has 4 atom stereocenters. The minimum absolute atomic E-state index is 0.125. The first-order valence-electron chi connectivity index (χ1n) is 10.7. The van der Waals surface area contributed by atoms with Crippen LogP contribution < -0.4 is 20.7 Å². The van der Waals surface area contributed by atoms with Gasteiger partial charge < -0.3 is 25.8 Å². The number of benzene rings is 2. The van der Waals surface area contributed by atoms with Gasteiger partial charge >= 0.3 is 0 Å². The van der Waals surface area contributed by atoms with Gasteiger partial charge in [-0.1, -0.05) is 56.3 Å². The highest BCUT2D eigenvalue weighted by atomic mass is 16.5. The molecule has 0 radical (unpaired) electrons. The van der Waals surface area contributed by atoms with Crippen LogP contribution in [0.3, 0.4) is 0 Å². The average molecular weight is 440 g/mol. The van der Waals surface area contributed by atoms with Crippen LogP contribution in [0, 0.1) is 5.92 Å². The Labute approximate surface area is 187 Å². The fraction of sp³-hybridized carbons (Fsp3) is 0.375. The van der Waals surface area contributed by atoms with Gasteiger partial charge in [0.05, 0.1) is 5.69 Å². The van der Waals surface area contributed by atoms with E-state index in [0.29, 0.717) is 17.0 Å². The number of rotatable bonds is 7. The van der Waals surface area contributed by atoms with Gasteiger partial charge in [0.2, 0.25) is 11.8 Å². The molecule has 0 unspecified atom stereocenters. The van der Waals surface area contributed by atoms with Crippen LogP contribution in [0.25, 0.3) is 0 Å². The van der Waals surface area contributed by atoms with Crippen molar-refractivity contribution in [3.05, 3.63) is 60.2 Å². The molecule has 170 valence electrons. The predicted octanol–water partition coefficient (Wildman–Crippen LogP) is 2.16. The Bertz CT molecular complexity index is 963. The van der Waals surface area contributed by atoms with Gasteiger partial charge in [0.25, 0.3) is 5.91 Å². The predicted molar refractivity (Wildman–Crippen MR) is 120 cm³/mol. The minimum Gasteiger partial charge on any atom is -0.481 e. The number of aliphatic hydroxyl groups is 1. The summed E-state index contributed by atoms with van der Waals surface area (Å²) in [5.41, 5.74) is 1.22. The lowest BCUT2D eigenvalue weighted by Gasteiger charge is -2.27. The quantitative estimate of drug-likeness (QED) is 0.528. The van der Waals surface area contributed by atoms with Gasteiger partial charge in [0.15, 0.2) is 6.10 Å². The van der Waals surface area contributed by atoms with E-state index in [1.54, 1.807) is 24.3 Å². The lowest BCUT2D eigenvalue weighted by atomic mass is 10.0. The van der Waals surface area contributed by atoms with Gasteiger partial charge in [-0.05, 0) is 37.0 Å². The topological polar surface area (TPSA) is 117 Å². The van der Waals surface area contributed by atoms with Crippen LogP contribution in [-0.4, -0.2) is 41.0 Å². The smallest absolute Gasteiger partial charge is 0.251 e. The second-order valence-electron chi connectivity index (χ2n) is 8.30. The highest BCUT2D eigenvalue weighted by Crippen LogP contribution is 2.34. The molecule has 3 rings (SSSR count). The molecule has 0 spiro atoms.